The lowest BCUT2D eigenvalue weighted by Gasteiger charge is -2.25. The molecule has 0 atom stereocenters. The minimum atomic E-state index is -0.0336. The summed E-state index contributed by atoms with van der Waals surface area (Å²) < 4.78 is 3.04. The molecule has 1 heterocycles. The third kappa shape index (κ3) is 6.55. The fraction of sp³-hybridized carbons (Fsp3) is 0.273. The molecule has 5 nitrogen and oxygen atoms in total. The molecule has 28 heavy (non-hydrogen) atoms. The number of para-hydroxylation sites is 2. The first kappa shape index (κ1) is 23.5. The fourth-order valence-electron chi connectivity index (χ4n) is 2.48. The van der Waals surface area contributed by atoms with Gasteiger partial charge in [0.2, 0.25) is 0 Å². The number of amides is 2. The van der Waals surface area contributed by atoms with E-state index in [4.69, 9.17) is 0 Å². The lowest BCUT2D eigenvalue weighted by atomic mass is 10.1. The summed E-state index contributed by atoms with van der Waals surface area (Å²) in [6, 6.07) is 13.9. The van der Waals surface area contributed by atoms with Crippen LogP contribution in [-0.2, 0) is 6.54 Å². The number of carbonyl (C=O) groups excluding carboxylic acids is 1. The van der Waals surface area contributed by atoms with Gasteiger partial charge in [-0.25, -0.2) is 4.79 Å². The summed E-state index contributed by atoms with van der Waals surface area (Å²) in [4.78, 5) is 18.3. The highest BCUT2D eigenvalue weighted by atomic mass is 32.2. The predicted molar refractivity (Wildman–Crippen MR) is 124 cm³/mol. The van der Waals surface area contributed by atoms with Crippen LogP contribution in [0.1, 0.15) is 31.9 Å². The number of nitrogens with zero attached hydrogens (tertiary/aromatic N) is 2. The van der Waals surface area contributed by atoms with Gasteiger partial charge in [-0.1, -0.05) is 56.8 Å². The first-order valence-electron chi connectivity index (χ1n) is 9.28. The molecular formula is C22H30N4OS. The first-order chi connectivity index (χ1) is 13.6. The van der Waals surface area contributed by atoms with Crippen LogP contribution in [0.15, 0.2) is 58.9 Å². The summed E-state index contributed by atoms with van der Waals surface area (Å²) in [6.45, 7) is 10.4. The van der Waals surface area contributed by atoms with E-state index in [2.05, 4.69) is 21.6 Å². The van der Waals surface area contributed by atoms with Crippen LogP contribution in [-0.4, -0.2) is 31.2 Å². The van der Waals surface area contributed by atoms with Gasteiger partial charge >= 0.3 is 6.03 Å². The largest absolute Gasteiger partial charge is 0.323 e. The first-order valence-corrected chi connectivity index (χ1v) is 10.1. The van der Waals surface area contributed by atoms with Crippen molar-refractivity contribution in [1.29, 1.82) is 0 Å². The molecular weight excluding hydrogens is 368 g/mol. The number of nitrogens with one attached hydrogen (secondary N) is 2. The smallest absolute Gasteiger partial charge is 0.321 e. The van der Waals surface area contributed by atoms with E-state index in [0.717, 1.165) is 21.8 Å². The molecule has 2 aromatic carbocycles. The summed E-state index contributed by atoms with van der Waals surface area (Å²) in [5, 5.41) is 2.80. The highest BCUT2D eigenvalue weighted by Gasteiger charge is 2.17. The molecule has 0 radical (unpaired) electrons. The molecule has 1 aliphatic heterocycles. The van der Waals surface area contributed by atoms with Crippen LogP contribution >= 0.6 is 11.9 Å². The zero-order chi connectivity index (χ0) is 20.9. The van der Waals surface area contributed by atoms with E-state index in [0.29, 0.717) is 6.54 Å². The van der Waals surface area contributed by atoms with Gasteiger partial charge < -0.3 is 10.2 Å². The number of rotatable bonds is 4. The van der Waals surface area contributed by atoms with Crippen molar-refractivity contribution >= 4 is 41.6 Å². The molecule has 1 aliphatic rings. The highest BCUT2D eigenvalue weighted by molar-refractivity contribution is 7.97. The second-order valence-electron chi connectivity index (χ2n) is 5.53. The Kier molecular flexibility index (Phi) is 10.7. The minimum Gasteiger partial charge on any atom is -0.323 e. The number of urea groups is 1. The molecule has 0 saturated carbocycles. The molecule has 3 rings (SSSR count). The fourth-order valence-corrected chi connectivity index (χ4v) is 3.12. The van der Waals surface area contributed by atoms with Crippen molar-refractivity contribution in [2.24, 2.45) is 4.99 Å². The third-order valence-electron chi connectivity index (χ3n) is 3.73. The van der Waals surface area contributed by atoms with E-state index < -0.39 is 0 Å². The van der Waals surface area contributed by atoms with Gasteiger partial charge in [-0.2, -0.15) is 0 Å². The van der Waals surface area contributed by atoms with Gasteiger partial charge in [0.25, 0.3) is 0 Å². The third-order valence-corrected chi connectivity index (χ3v) is 4.49. The van der Waals surface area contributed by atoms with E-state index in [-0.39, 0.29) is 6.03 Å². The number of fused-ring (bicyclic) bond motifs is 1. The van der Waals surface area contributed by atoms with Crippen molar-refractivity contribution in [1.82, 2.24) is 9.62 Å². The molecule has 0 aliphatic carbocycles. The maximum absolute atomic E-state index is 11.2. The Hall–Kier alpha value is -2.57. The molecule has 0 bridgehead atoms. The van der Waals surface area contributed by atoms with Crippen LogP contribution in [0, 0.1) is 0 Å². The van der Waals surface area contributed by atoms with Gasteiger partial charge in [-0.05, 0) is 43.6 Å². The molecule has 0 spiro atoms. The Bertz CT molecular complexity index is 805. The minimum absolute atomic E-state index is 0.0336. The van der Waals surface area contributed by atoms with Crippen molar-refractivity contribution in [2.75, 3.05) is 19.4 Å². The molecule has 2 N–H and O–H groups in total. The number of hydrogen-bond donors (Lipinski definition) is 2. The SMILES string of the molecule is C=Cc1cccc(SNC)c1N=CC.CC.CN1Cc2ccccc2NC1=O. The summed E-state index contributed by atoms with van der Waals surface area (Å²) in [5.41, 5.74) is 4.13. The van der Waals surface area contributed by atoms with Crippen molar-refractivity contribution in [3.8, 4) is 0 Å². The standard InChI is InChI=1S/C11H14N2S.C9H10N2O.C2H6/c1-4-9-7-6-8-10(14-12-3)11(9)13-5-2;1-11-6-7-4-2-3-5-8(7)10-9(11)12;1-2/h4-8,12H,1H2,2-3H3;2-5H,6H2,1H3,(H,10,12);1-2H3. The summed E-state index contributed by atoms with van der Waals surface area (Å²) in [5.74, 6) is 0. The summed E-state index contributed by atoms with van der Waals surface area (Å²) >= 11 is 1.56. The zero-order valence-electron chi connectivity index (χ0n) is 17.3. The van der Waals surface area contributed by atoms with Crippen LogP contribution in [0.25, 0.3) is 6.08 Å². The zero-order valence-corrected chi connectivity index (χ0v) is 18.1. The predicted octanol–water partition coefficient (Wildman–Crippen LogP) is 5.97. The molecule has 2 aromatic rings. The number of benzene rings is 2. The van der Waals surface area contributed by atoms with Gasteiger partial charge in [0.05, 0.1) is 5.69 Å². The number of anilines is 1. The molecule has 0 unspecified atom stereocenters. The Labute approximate surface area is 173 Å². The van der Waals surface area contributed by atoms with Crippen molar-refractivity contribution in [2.45, 2.75) is 32.2 Å². The monoisotopic (exact) mass is 398 g/mol. The maximum atomic E-state index is 11.2. The average Bonchev–Trinajstić information content (AvgIpc) is 2.72. The molecule has 150 valence electrons. The maximum Gasteiger partial charge on any atom is 0.321 e. The molecule has 0 saturated heterocycles. The Morgan fingerprint density at radius 3 is 2.57 bits per heavy atom. The highest BCUT2D eigenvalue weighted by Crippen LogP contribution is 2.31. The Balaban J connectivity index is 0.000000259. The quantitative estimate of drug-likeness (QED) is 0.493. The van der Waals surface area contributed by atoms with Crippen LogP contribution in [0.5, 0.6) is 0 Å². The van der Waals surface area contributed by atoms with Gasteiger partial charge in [-0.15, -0.1) is 0 Å². The number of hydrogen-bond acceptors (Lipinski definition) is 4. The lowest BCUT2D eigenvalue weighted by Crippen LogP contribution is -2.35. The van der Waals surface area contributed by atoms with Crippen LogP contribution in [0.3, 0.4) is 0 Å². The summed E-state index contributed by atoms with van der Waals surface area (Å²) in [7, 11) is 3.68. The summed E-state index contributed by atoms with van der Waals surface area (Å²) in [6.07, 6.45) is 3.62. The molecule has 6 heteroatoms. The van der Waals surface area contributed by atoms with E-state index in [1.807, 2.05) is 76.4 Å². The van der Waals surface area contributed by atoms with Gasteiger partial charge in [-0.3, -0.25) is 9.71 Å². The topological polar surface area (TPSA) is 56.7 Å². The molecule has 0 aromatic heterocycles. The van der Waals surface area contributed by atoms with Crippen LogP contribution < -0.4 is 10.0 Å². The lowest BCUT2D eigenvalue weighted by molar-refractivity contribution is 0.218. The van der Waals surface area contributed by atoms with Crippen molar-refractivity contribution in [3.05, 3.63) is 60.2 Å². The number of aliphatic imine (C=N–C) groups is 1. The molecule has 2 amide bonds. The second-order valence-corrected chi connectivity index (χ2v) is 6.59. The van der Waals surface area contributed by atoms with E-state index >= 15 is 0 Å². The van der Waals surface area contributed by atoms with Crippen LogP contribution in [0.4, 0.5) is 16.2 Å². The van der Waals surface area contributed by atoms with Gasteiger partial charge in [0, 0.05) is 36.0 Å². The van der Waals surface area contributed by atoms with Gasteiger partial charge in [0.15, 0.2) is 0 Å². The average molecular weight is 399 g/mol. The van der Waals surface area contributed by atoms with Gasteiger partial charge in [0.1, 0.15) is 0 Å². The second kappa shape index (κ2) is 12.8. The van der Waals surface area contributed by atoms with Crippen molar-refractivity contribution in [3.63, 3.8) is 0 Å². The Morgan fingerprint density at radius 2 is 1.93 bits per heavy atom. The van der Waals surface area contributed by atoms with Crippen molar-refractivity contribution < 1.29 is 4.79 Å². The van der Waals surface area contributed by atoms with Crippen LogP contribution in [0.2, 0.25) is 0 Å². The normalized spacial score (nSPS) is 12.2. The Morgan fingerprint density at radius 1 is 1.21 bits per heavy atom. The number of carbonyl (C=O) groups is 1. The molecule has 0 fully saturated rings. The van der Waals surface area contributed by atoms with E-state index in [1.54, 1.807) is 30.1 Å². The van der Waals surface area contributed by atoms with E-state index in [1.165, 1.54) is 5.56 Å². The van der Waals surface area contributed by atoms with E-state index in [9.17, 15) is 4.79 Å².